The summed E-state index contributed by atoms with van der Waals surface area (Å²) in [5, 5.41) is 3.12. The van der Waals surface area contributed by atoms with Gasteiger partial charge < -0.3 is 10.1 Å². The molecule has 5 heteroatoms. The summed E-state index contributed by atoms with van der Waals surface area (Å²) in [5.74, 6) is 0.344. The molecule has 0 aliphatic heterocycles. The number of rotatable bonds is 4. The van der Waals surface area contributed by atoms with E-state index in [1.165, 1.54) is 6.07 Å². The molecule has 0 saturated heterocycles. The van der Waals surface area contributed by atoms with Gasteiger partial charge in [0.2, 0.25) is 0 Å². The van der Waals surface area contributed by atoms with Gasteiger partial charge in [-0.1, -0.05) is 0 Å². The van der Waals surface area contributed by atoms with E-state index in [9.17, 15) is 4.39 Å². The molecule has 0 spiro atoms. The number of hydrogen-bond donors (Lipinski definition) is 1. The van der Waals surface area contributed by atoms with E-state index in [1.807, 2.05) is 7.05 Å². The summed E-state index contributed by atoms with van der Waals surface area (Å²) in [6, 6.07) is 1.37. The Labute approximate surface area is 103 Å². The summed E-state index contributed by atoms with van der Waals surface area (Å²) in [5.41, 5.74) is 0. The molecule has 1 aliphatic rings. The van der Waals surface area contributed by atoms with Crippen molar-refractivity contribution in [2.45, 2.75) is 18.9 Å². The summed E-state index contributed by atoms with van der Waals surface area (Å²) in [4.78, 5) is 3.91. The molecule has 88 valence electrons. The van der Waals surface area contributed by atoms with Gasteiger partial charge in [-0.2, -0.15) is 0 Å². The second-order valence-corrected chi connectivity index (χ2v) is 4.99. The zero-order valence-corrected chi connectivity index (χ0v) is 10.6. The summed E-state index contributed by atoms with van der Waals surface area (Å²) < 4.78 is 19.5. The highest BCUT2D eigenvalue weighted by molar-refractivity contribution is 9.10. The summed E-state index contributed by atoms with van der Waals surface area (Å²) in [6.07, 6.45) is 3.60. The third-order valence-electron chi connectivity index (χ3n) is 2.74. The molecule has 1 fully saturated rings. The molecule has 1 heterocycles. The Kier molecular flexibility index (Phi) is 3.76. The van der Waals surface area contributed by atoms with Crippen molar-refractivity contribution >= 4 is 15.9 Å². The molecule has 1 aliphatic carbocycles. The molecule has 0 unspecified atom stereocenters. The molecule has 0 radical (unpaired) electrons. The molecule has 1 aromatic heterocycles. The van der Waals surface area contributed by atoms with Gasteiger partial charge in [0, 0.05) is 10.7 Å². The highest BCUT2D eigenvalue weighted by atomic mass is 79.9. The van der Waals surface area contributed by atoms with E-state index in [0.29, 0.717) is 10.4 Å². The van der Waals surface area contributed by atoms with E-state index in [2.05, 4.69) is 26.2 Å². The lowest BCUT2D eigenvalue weighted by Crippen LogP contribution is -2.39. The van der Waals surface area contributed by atoms with Crippen molar-refractivity contribution in [1.82, 2.24) is 10.3 Å². The zero-order chi connectivity index (χ0) is 11.5. The lowest BCUT2D eigenvalue weighted by atomic mass is 9.82. The number of ether oxygens (including phenoxy) is 1. The number of nitrogens with one attached hydrogen (secondary N) is 1. The van der Waals surface area contributed by atoms with Crippen LogP contribution >= 0.6 is 15.9 Å². The van der Waals surface area contributed by atoms with Crippen molar-refractivity contribution in [2.75, 3.05) is 13.6 Å². The van der Waals surface area contributed by atoms with Gasteiger partial charge in [0.05, 0.1) is 0 Å². The first-order valence-electron chi connectivity index (χ1n) is 5.31. The van der Waals surface area contributed by atoms with Gasteiger partial charge in [0.25, 0.3) is 5.88 Å². The molecule has 0 aromatic carbocycles. The van der Waals surface area contributed by atoms with Crippen molar-refractivity contribution in [3.05, 3.63) is 22.6 Å². The molecule has 1 saturated carbocycles. The largest absolute Gasteiger partial charge is 0.472 e. The van der Waals surface area contributed by atoms with Crippen LogP contribution in [0.2, 0.25) is 0 Å². The van der Waals surface area contributed by atoms with E-state index in [4.69, 9.17) is 4.74 Å². The Bertz CT molecular complexity index is 369. The Morgan fingerprint density at radius 2 is 2.38 bits per heavy atom. The van der Waals surface area contributed by atoms with E-state index < -0.39 is 5.82 Å². The Balaban J connectivity index is 1.87. The Hall–Kier alpha value is -0.680. The molecule has 2 rings (SSSR count). The van der Waals surface area contributed by atoms with Gasteiger partial charge in [0.1, 0.15) is 6.10 Å². The van der Waals surface area contributed by atoms with Crippen LogP contribution in [0.25, 0.3) is 0 Å². The van der Waals surface area contributed by atoms with Crippen LogP contribution in [0.15, 0.2) is 16.7 Å². The van der Waals surface area contributed by atoms with Crippen molar-refractivity contribution < 1.29 is 9.13 Å². The summed E-state index contributed by atoms with van der Waals surface area (Å²) >= 11 is 3.16. The SMILES string of the molecule is CNCC1CC(Oc2ncc(Br)cc2F)C1. The maximum atomic E-state index is 13.4. The smallest absolute Gasteiger partial charge is 0.250 e. The van der Waals surface area contributed by atoms with Gasteiger partial charge in [-0.05, 0) is 54.3 Å². The number of halogens is 2. The molecule has 0 bridgehead atoms. The fourth-order valence-corrected chi connectivity index (χ4v) is 2.18. The summed E-state index contributed by atoms with van der Waals surface area (Å²) in [6.45, 7) is 0.996. The minimum Gasteiger partial charge on any atom is -0.472 e. The van der Waals surface area contributed by atoms with Crippen LogP contribution in [-0.4, -0.2) is 24.7 Å². The average Bonchev–Trinajstić information content (AvgIpc) is 2.18. The molecular weight excluding hydrogens is 275 g/mol. The second-order valence-electron chi connectivity index (χ2n) is 4.08. The van der Waals surface area contributed by atoms with Gasteiger partial charge in [-0.25, -0.2) is 9.37 Å². The van der Waals surface area contributed by atoms with Crippen LogP contribution in [0.4, 0.5) is 4.39 Å². The first-order valence-corrected chi connectivity index (χ1v) is 6.10. The normalized spacial score (nSPS) is 23.9. The third kappa shape index (κ3) is 2.71. The van der Waals surface area contributed by atoms with Crippen LogP contribution in [0.3, 0.4) is 0 Å². The van der Waals surface area contributed by atoms with Gasteiger partial charge in [-0.3, -0.25) is 0 Å². The van der Waals surface area contributed by atoms with Crippen molar-refractivity contribution in [3.63, 3.8) is 0 Å². The predicted molar refractivity (Wildman–Crippen MR) is 63.0 cm³/mol. The minimum absolute atomic E-state index is 0.108. The number of hydrogen-bond acceptors (Lipinski definition) is 3. The van der Waals surface area contributed by atoms with Gasteiger partial charge in [0.15, 0.2) is 5.82 Å². The average molecular weight is 289 g/mol. The Morgan fingerprint density at radius 3 is 3.00 bits per heavy atom. The molecule has 16 heavy (non-hydrogen) atoms. The molecular formula is C11H14BrFN2O. The van der Waals surface area contributed by atoms with Crippen LogP contribution < -0.4 is 10.1 Å². The summed E-state index contributed by atoms with van der Waals surface area (Å²) in [7, 11) is 1.93. The topological polar surface area (TPSA) is 34.1 Å². The van der Waals surface area contributed by atoms with Crippen molar-refractivity contribution in [3.8, 4) is 5.88 Å². The molecule has 1 N–H and O–H groups in total. The highest BCUT2D eigenvalue weighted by Crippen LogP contribution is 2.31. The monoisotopic (exact) mass is 288 g/mol. The lowest BCUT2D eigenvalue weighted by molar-refractivity contribution is 0.0578. The highest BCUT2D eigenvalue weighted by Gasteiger charge is 2.31. The quantitative estimate of drug-likeness (QED) is 0.924. The van der Waals surface area contributed by atoms with E-state index in [1.54, 1.807) is 6.20 Å². The zero-order valence-electron chi connectivity index (χ0n) is 9.04. The minimum atomic E-state index is -0.411. The lowest BCUT2D eigenvalue weighted by Gasteiger charge is -2.34. The predicted octanol–water partition coefficient (Wildman–Crippen LogP) is 2.36. The third-order valence-corrected chi connectivity index (χ3v) is 3.17. The fraction of sp³-hybridized carbons (Fsp3) is 0.545. The van der Waals surface area contributed by atoms with Gasteiger partial charge >= 0.3 is 0 Å². The maximum Gasteiger partial charge on any atom is 0.250 e. The first-order chi connectivity index (χ1) is 7.69. The number of pyridine rings is 1. The number of aromatic nitrogens is 1. The second kappa shape index (κ2) is 5.10. The van der Waals surface area contributed by atoms with Crippen molar-refractivity contribution in [1.29, 1.82) is 0 Å². The van der Waals surface area contributed by atoms with Crippen LogP contribution in [-0.2, 0) is 0 Å². The van der Waals surface area contributed by atoms with E-state index >= 15 is 0 Å². The van der Waals surface area contributed by atoms with Crippen molar-refractivity contribution in [2.24, 2.45) is 5.92 Å². The van der Waals surface area contributed by atoms with Crippen LogP contribution in [0, 0.1) is 11.7 Å². The molecule has 3 nitrogen and oxygen atoms in total. The molecule has 0 amide bonds. The van der Waals surface area contributed by atoms with Gasteiger partial charge in [-0.15, -0.1) is 0 Å². The standard InChI is InChI=1S/C11H14BrFN2O/c1-14-5-7-2-9(3-7)16-11-10(13)4-8(12)6-15-11/h4,6-7,9,14H,2-3,5H2,1H3. The van der Waals surface area contributed by atoms with E-state index in [0.717, 1.165) is 19.4 Å². The fourth-order valence-electron chi connectivity index (χ4n) is 1.87. The van der Waals surface area contributed by atoms with E-state index in [-0.39, 0.29) is 12.0 Å². The Morgan fingerprint density at radius 1 is 1.62 bits per heavy atom. The molecule has 0 atom stereocenters. The van der Waals surface area contributed by atoms with Crippen LogP contribution in [0.1, 0.15) is 12.8 Å². The number of nitrogens with zero attached hydrogens (tertiary/aromatic N) is 1. The molecule has 1 aromatic rings. The first kappa shape index (κ1) is 11.8. The maximum absolute atomic E-state index is 13.4. The van der Waals surface area contributed by atoms with Crippen LogP contribution in [0.5, 0.6) is 5.88 Å².